The van der Waals surface area contributed by atoms with Crippen molar-refractivity contribution in [1.82, 2.24) is 0 Å². The van der Waals surface area contributed by atoms with Crippen molar-refractivity contribution in [1.29, 1.82) is 0 Å². The third-order valence-corrected chi connectivity index (χ3v) is 12.2. The summed E-state index contributed by atoms with van der Waals surface area (Å²) >= 11 is 0. The van der Waals surface area contributed by atoms with Crippen molar-refractivity contribution in [2.24, 2.45) is 5.92 Å². The van der Waals surface area contributed by atoms with Gasteiger partial charge < -0.3 is 34.0 Å². The van der Waals surface area contributed by atoms with Crippen LogP contribution in [0.2, 0.25) is 18.1 Å². The highest BCUT2D eigenvalue weighted by atomic mass is 28.4. The second-order valence-electron chi connectivity index (χ2n) is 14.0. The highest BCUT2D eigenvalue weighted by Crippen LogP contribution is 2.47. The van der Waals surface area contributed by atoms with Crippen molar-refractivity contribution in [2.75, 3.05) is 6.61 Å². The second-order valence-corrected chi connectivity index (χ2v) is 18.7. The summed E-state index contributed by atoms with van der Waals surface area (Å²) in [6, 6.07) is 0. The molecule has 0 aromatic rings. The molecule has 0 bridgehead atoms. The van der Waals surface area contributed by atoms with E-state index in [1.807, 2.05) is 20.8 Å². The van der Waals surface area contributed by atoms with Crippen LogP contribution in [0.1, 0.15) is 93.9 Å². The maximum atomic E-state index is 12.7. The van der Waals surface area contributed by atoms with Crippen LogP contribution in [0.15, 0.2) is 0 Å². The molecule has 2 aliphatic heterocycles. The van der Waals surface area contributed by atoms with Gasteiger partial charge in [0.25, 0.3) is 0 Å². The van der Waals surface area contributed by atoms with Gasteiger partial charge in [-0.1, -0.05) is 27.7 Å². The number of aliphatic hydroxyl groups excluding tert-OH is 2. The highest BCUT2D eigenvalue weighted by Gasteiger charge is 2.54. The number of aliphatic hydroxyl groups is 3. The van der Waals surface area contributed by atoms with Gasteiger partial charge in [-0.15, -0.1) is 0 Å². The van der Waals surface area contributed by atoms with Crippen LogP contribution in [0.25, 0.3) is 0 Å². The lowest BCUT2D eigenvalue weighted by Gasteiger charge is -2.53. The molecule has 1 spiro atoms. The molecular weight excluding hydrogens is 480 g/mol. The molecule has 3 N–H and O–H groups in total. The first-order valence-electron chi connectivity index (χ1n) is 13.4. The van der Waals surface area contributed by atoms with Crippen molar-refractivity contribution >= 4 is 14.3 Å². The molecule has 0 radical (unpaired) electrons. The third kappa shape index (κ3) is 9.03. The summed E-state index contributed by atoms with van der Waals surface area (Å²) in [5, 5.41) is 31.2. The lowest BCUT2D eigenvalue weighted by atomic mass is 9.80. The minimum absolute atomic E-state index is 0.00508. The van der Waals surface area contributed by atoms with Crippen LogP contribution < -0.4 is 0 Å². The summed E-state index contributed by atoms with van der Waals surface area (Å²) in [6.45, 7) is 19.9. The number of carbonyl (C=O) groups is 1. The van der Waals surface area contributed by atoms with Crippen LogP contribution in [0.3, 0.4) is 0 Å². The summed E-state index contributed by atoms with van der Waals surface area (Å²) in [4.78, 5) is 12.7. The van der Waals surface area contributed by atoms with Crippen molar-refractivity contribution in [3.8, 4) is 0 Å². The van der Waals surface area contributed by atoms with Gasteiger partial charge in [0.15, 0.2) is 14.1 Å². The van der Waals surface area contributed by atoms with E-state index in [-0.39, 0.29) is 48.9 Å². The standard InChI is InChI=1S/C27H52O8Si/c1-18(16-28)22(29)12-20-14-26(8,31)17-27(33-20)15-21(35-36(9,10)25(5,6)7)11-19(32-27)13-23(30)34-24(2,3)4/h18-22,28-29,31H,11-17H2,1-10H3/t18-,19+,20-,21-,22-,26-,27+/m0/s1. The third-order valence-electron chi connectivity index (χ3n) is 7.68. The van der Waals surface area contributed by atoms with E-state index < -0.39 is 43.6 Å². The van der Waals surface area contributed by atoms with E-state index in [0.717, 1.165) is 0 Å². The zero-order valence-electron chi connectivity index (χ0n) is 24.2. The molecule has 0 aliphatic carbocycles. The molecule has 0 saturated carbocycles. The Hall–Kier alpha value is -0.553. The average molecular weight is 533 g/mol. The van der Waals surface area contributed by atoms with E-state index in [9.17, 15) is 20.1 Å². The number of carbonyl (C=O) groups excluding carboxylic acids is 1. The zero-order valence-corrected chi connectivity index (χ0v) is 25.2. The monoisotopic (exact) mass is 532 g/mol. The second kappa shape index (κ2) is 11.3. The first-order valence-corrected chi connectivity index (χ1v) is 16.3. The van der Waals surface area contributed by atoms with E-state index in [4.69, 9.17) is 18.6 Å². The van der Waals surface area contributed by atoms with E-state index in [1.165, 1.54) is 0 Å². The quantitative estimate of drug-likeness (QED) is 0.313. The van der Waals surface area contributed by atoms with Gasteiger partial charge in [0.05, 0.1) is 36.4 Å². The Kier molecular flexibility index (Phi) is 9.92. The summed E-state index contributed by atoms with van der Waals surface area (Å²) < 4.78 is 25.4. The van der Waals surface area contributed by atoms with Crippen molar-refractivity contribution < 1.29 is 38.8 Å². The van der Waals surface area contributed by atoms with E-state index in [0.29, 0.717) is 19.3 Å². The Morgan fingerprint density at radius 3 is 2.22 bits per heavy atom. The first kappa shape index (κ1) is 31.7. The summed E-state index contributed by atoms with van der Waals surface area (Å²) in [7, 11) is -2.14. The Bertz CT molecular complexity index is 741. The minimum atomic E-state index is -2.14. The number of hydrogen-bond donors (Lipinski definition) is 3. The molecule has 2 rings (SSSR count). The van der Waals surface area contributed by atoms with E-state index >= 15 is 0 Å². The minimum Gasteiger partial charge on any atom is -0.460 e. The molecule has 0 amide bonds. The Balaban J connectivity index is 2.32. The molecule has 2 aliphatic rings. The van der Waals surface area contributed by atoms with Crippen LogP contribution in [0.5, 0.6) is 0 Å². The van der Waals surface area contributed by atoms with Crippen LogP contribution >= 0.6 is 0 Å². The fourth-order valence-electron chi connectivity index (χ4n) is 4.98. The molecule has 212 valence electrons. The summed E-state index contributed by atoms with van der Waals surface area (Å²) in [5.74, 6) is -1.80. The molecule has 9 heteroatoms. The highest BCUT2D eigenvalue weighted by molar-refractivity contribution is 6.74. The molecule has 2 heterocycles. The van der Waals surface area contributed by atoms with Gasteiger partial charge in [-0.05, 0) is 52.2 Å². The molecule has 0 aromatic carbocycles. The number of esters is 1. The number of ether oxygens (including phenoxy) is 3. The molecular formula is C27H52O8Si. The summed E-state index contributed by atoms with van der Waals surface area (Å²) in [5.41, 5.74) is -1.68. The van der Waals surface area contributed by atoms with Gasteiger partial charge in [-0.2, -0.15) is 0 Å². The van der Waals surface area contributed by atoms with Crippen LogP contribution in [0.4, 0.5) is 0 Å². The van der Waals surface area contributed by atoms with Gasteiger partial charge in [0.1, 0.15) is 5.60 Å². The largest absolute Gasteiger partial charge is 0.460 e. The molecule has 7 atom stereocenters. The lowest BCUT2D eigenvalue weighted by molar-refractivity contribution is -0.350. The average Bonchev–Trinajstić information content (AvgIpc) is 2.62. The molecule has 0 unspecified atom stereocenters. The SMILES string of the molecule is C[C@@H](CO)[C@@H](O)C[C@H]1C[C@](C)(O)C[C@@]2(C[C@@H](O[Si](C)(C)C(C)(C)C)C[C@H](CC(=O)OC(C)(C)C)O2)O1. The Labute approximate surface area is 219 Å². The summed E-state index contributed by atoms with van der Waals surface area (Å²) in [6.07, 6.45) is -0.0388. The van der Waals surface area contributed by atoms with Crippen LogP contribution in [-0.4, -0.2) is 77.6 Å². The fourth-order valence-corrected chi connectivity index (χ4v) is 6.34. The van der Waals surface area contributed by atoms with Gasteiger partial charge in [0.2, 0.25) is 0 Å². The lowest BCUT2D eigenvalue weighted by Crippen LogP contribution is -2.60. The molecule has 8 nitrogen and oxygen atoms in total. The van der Waals surface area contributed by atoms with Crippen molar-refractivity contribution in [3.63, 3.8) is 0 Å². The van der Waals surface area contributed by atoms with Crippen LogP contribution in [-0.2, 0) is 23.4 Å². The zero-order chi connectivity index (χ0) is 27.7. The molecule has 2 fully saturated rings. The molecule has 36 heavy (non-hydrogen) atoms. The smallest absolute Gasteiger partial charge is 0.308 e. The Morgan fingerprint density at radius 1 is 1.11 bits per heavy atom. The number of rotatable bonds is 8. The maximum absolute atomic E-state index is 12.7. The van der Waals surface area contributed by atoms with Gasteiger partial charge in [-0.3, -0.25) is 4.79 Å². The predicted molar refractivity (Wildman–Crippen MR) is 141 cm³/mol. The first-order chi connectivity index (χ1) is 16.2. The van der Waals surface area contributed by atoms with Gasteiger partial charge in [-0.25, -0.2) is 0 Å². The normalized spacial score (nSPS) is 33.9. The van der Waals surface area contributed by atoms with Crippen molar-refractivity contribution in [3.05, 3.63) is 0 Å². The van der Waals surface area contributed by atoms with Crippen LogP contribution in [0, 0.1) is 5.92 Å². The van der Waals surface area contributed by atoms with Gasteiger partial charge >= 0.3 is 5.97 Å². The number of hydrogen-bond acceptors (Lipinski definition) is 8. The predicted octanol–water partition coefficient (Wildman–Crippen LogP) is 4.29. The topological polar surface area (TPSA) is 115 Å². The molecule has 0 aromatic heterocycles. The van der Waals surface area contributed by atoms with Gasteiger partial charge in [0, 0.05) is 38.2 Å². The maximum Gasteiger partial charge on any atom is 0.308 e. The molecule has 2 saturated heterocycles. The fraction of sp³-hybridized carbons (Fsp3) is 0.963. The van der Waals surface area contributed by atoms with E-state index in [1.54, 1.807) is 13.8 Å². The Morgan fingerprint density at radius 2 is 1.69 bits per heavy atom. The van der Waals surface area contributed by atoms with E-state index in [2.05, 4.69) is 33.9 Å². The van der Waals surface area contributed by atoms with Crippen molar-refractivity contribution in [2.45, 2.75) is 153 Å².